The summed E-state index contributed by atoms with van der Waals surface area (Å²) in [7, 11) is 0. The number of ether oxygens (including phenoxy) is 1. The molecule has 0 aliphatic carbocycles. The van der Waals surface area contributed by atoms with Gasteiger partial charge in [0.1, 0.15) is 40.3 Å². The number of phenolic OH excluding ortho intramolecular Hbond substituents is 1. The summed E-state index contributed by atoms with van der Waals surface area (Å²) >= 11 is 6.79. The molecule has 2 fully saturated rings. The molecular weight excluding hydrogens is 513 g/mol. The van der Waals surface area contributed by atoms with Gasteiger partial charge in [0, 0.05) is 48.9 Å². The molecule has 3 aliphatic rings. The summed E-state index contributed by atoms with van der Waals surface area (Å²) in [6.07, 6.45) is 1.22. The highest BCUT2D eigenvalue weighted by atomic mass is 35.5. The Morgan fingerprint density at radius 3 is 2.71 bits per heavy atom. The van der Waals surface area contributed by atoms with E-state index in [1.165, 1.54) is 23.1 Å². The van der Waals surface area contributed by atoms with Gasteiger partial charge in [0.15, 0.2) is 5.75 Å². The molecule has 202 valence electrons. The van der Waals surface area contributed by atoms with Crippen LogP contribution in [0.4, 0.5) is 10.2 Å². The van der Waals surface area contributed by atoms with Crippen molar-refractivity contribution in [2.24, 2.45) is 0 Å². The third kappa shape index (κ3) is 4.25. The third-order valence-electron chi connectivity index (χ3n) is 7.70. The Labute approximate surface area is 230 Å². The number of aromatic nitrogens is 1. The number of carbonyl (C=O) groups excluding carboxylic acids is 2. The van der Waals surface area contributed by atoms with Crippen LogP contribution in [0.3, 0.4) is 0 Å². The molecule has 2 saturated heterocycles. The van der Waals surface area contributed by atoms with Gasteiger partial charge in [0.05, 0.1) is 11.6 Å². The van der Waals surface area contributed by atoms with E-state index in [1.54, 1.807) is 16.7 Å². The lowest BCUT2D eigenvalue weighted by molar-refractivity contribution is -0.128. The number of rotatable bonds is 3. The number of amides is 2. The van der Waals surface area contributed by atoms with E-state index < -0.39 is 42.6 Å². The van der Waals surface area contributed by atoms with E-state index in [-0.39, 0.29) is 72.1 Å². The Morgan fingerprint density at radius 1 is 1.24 bits per heavy atom. The van der Waals surface area contributed by atoms with Gasteiger partial charge in [0.2, 0.25) is 5.91 Å². The Bertz CT molecular complexity index is 1390. The predicted molar refractivity (Wildman–Crippen MR) is 142 cm³/mol. The van der Waals surface area contributed by atoms with Crippen molar-refractivity contribution in [3.05, 3.63) is 47.3 Å². The maximum absolute atomic E-state index is 15.1. The highest BCUT2D eigenvalue weighted by Gasteiger charge is 2.42. The van der Waals surface area contributed by atoms with Gasteiger partial charge in [0.25, 0.3) is 5.91 Å². The molecule has 2 aromatic rings. The maximum Gasteiger partial charge on any atom is 0.261 e. The summed E-state index contributed by atoms with van der Waals surface area (Å²) in [5, 5.41) is 10.4. The lowest BCUT2D eigenvalue weighted by atomic mass is 10.0. The summed E-state index contributed by atoms with van der Waals surface area (Å²) in [6.45, 7) is 5.95. The fraction of sp³-hybridized carbons (Fsp3) is 0.444. The van der Waals surface area contributed by atoms with Gasteiger partial charge in [-0.2, -0.15) is 0 Å². The number of fused-ring (bicyclic) bond motifs is 2. The van der Waals surface area contributed by atoms with E-state index in [4.69, 9.17) is 20.5 Å². The van der Waals surface area contributed by atoms with Crippen molar-refractivity contribution in [3.63, 3.8) is 0 Å². The fourth-order valence-electron chi connectivity index (χ4n) is 5.34. The number of anilines is 1. The molecule has 0 radical (unpaired) electrons. The number of pyridine rings is 1. The number of piperazine rings is 2. The first kappa shape index (κ1) is 22.6. The Kier molecular flexibility index (Phi) is 5.99. The molecule has 1 N–H and O–H groups in total. The molecular formula is C27H31ClFN5O4. The molecule has 3 aliphatic heterocycles. The number of benzene rings is 1. The van der Waals surface area contributed by atoms with Gasteiger partial charge < -0.3 is 24.5 Å². The number of halogens is 2. The van der Waals surface area contributed by atoms with Crippen molar-refractivity contribution in [2.75, 3.05) is 51.2 Å². The van der Waals surface area contributed by atoms with Crippen molar-refractivity contribution in [1.29, 1.82) is 0 Å². The van der Waals surface area contributed by atoms with E-state index in [1.807, 2.05) is 11.8 Å². The van der Waals surface area contributed by atoms with Crippen molar-refractivity contribution < 1.29 is 27.9 Å². The average Bonchev–Trinajstić information content (AvgIpc) is 3.07. The monoisotopic (exact) mass is 546 g/mol. The summed E-state index contributed by atoms with van der Waals surface area (Å²) in [4.78, 5) is 37.6. The number of carbonyl (C=O) groups is 2. The molecule has 4 heterocycles. The number of likely N-dealkylation sites (N-methyl/N-ethyl adjacent to an activating group) is 1. The van der Waals surface area contributed by atoms with E-state index >= 15 is 4.39 Å². The van der Waals surface area contributed by atoms with E-state index in [2.05, 4.69) is 11.6 Å². The first-order valence-corrected chi connectivity index (χ1v) is 12.8. The largest absolute Gasteiger partial charge is 0.507 e. The van der Waals surface area contributed by atoms with Crippen LogP contribution >= 0.6 is 11.6 Å². The number of aromatic hydroxyl groups is 1. The first-order valence-electron chi connectivity index (χ1n) is 13.9. The van der Waals surface area contributed by atoms with Gasteiger partial charge in [-0.15, -0.1) is 0 Å². The lowest BCUT2D eigenvalue weighted by Gasteiger charge is -2.45. The lowest BCUT2D eigenvalue weighted by Crippen LogP contribution is -2.58. The molecule has 0 spiro atoms. The van der Waals surface area contributed by atoms with Crippen molar-refractivity contribution in [2.45, 2.75) is 32.0 Å². The number of hydrogen-bond acceptors (Lipinski definition) is 7. The molecule has 9 nitrogen and oxygen atoms in total. The van der Waals surface area contributed by atoms with Crippen LogP contribution in [-0.2, 0) is 4.79 Å². The number of hydrogen-bond donors (Lipinski definition) is 1. The summed E-state index contributed by atoms with van der Waals surface area (Å²) in [6, 6.07) is 2.42. The molecule has 5 rings (SSSR count). The normalized spacial score (nSPS) is 25.4. The van der Waals surface area contributed by atoms with Gasteiger partial charge in [-0.1, -0.05) is 24.2 Å². The maximum atomic E-state index is 15.1. The molecule has 3 atom stereocenters. The highest BCUT2D eigenvalue weighted by molar-refractivity contribution is 6.35. The highest BCUT2D eigenvalue weighted by Crippen LogP contribution is 2.46. The summed E-state index contributed by atoms with van der Waals surface area (Å²) in [5.41, 5.74) is -0.281. The minimum atomic E-state index is -2.32. The van der Waals surface area contributed by atoms with Crippen LogP contribution in [0.1, 0.15) is 28.3 Å². The Hall–Kier alpha value is -3.37. The number of phenols is 1. The molecule has 1 aromatic heterocycles. The SMILES string of the molecule is [2H]C([2H])([2H])N1CCN(c2nc(-c3c(O)cccc3F)c(Cl)c3c2C(=O)N2CCN(C(=O)C=C)C[C@@H]2CO3)[C@@H](C)[C@@H]1C. The van der Waals surface area contributed by atoms with Crippen LogP contribution in [-0.4, -0.2) is 101 Å². The predicted octanol–water partition coefficient (Wildman–Crippen LogP) is 3.01. The molecule has 11 heteroatoms. The van der Waals surface area contributed by atoms with E-state index in [0.717, 1.165) is 6.07 Å². The minimum Gasteiger partial charge on any atom is -0.507 e. The Morgan fingerprint density at radius 2 is 2.00 bits per heavy atom. The Balaban J connectivity index is 1.66. The van der Waals surface area contributed by atoms with E-state index in [9.17, 15) is 14.7 Å². The van der Waals surface area contributed by atoms with Crippen molar-refractivity contribution in [3.8, 4) is 22.8 Å². The van der Waals surface area contributed by atoms with Crippen molar-refractivity contribution >= 4 is 29.2 Å². The van der Waals surface area contributed by atoms with Crippen LogP contribution in [0, 0.1) is 5.82 Å². The van der Waals surface area contributed by atoms with Gasteiger partial charge >= 0.3 is 0 Å². The van der Waals surface area contributed by atoms with Crippen LogP contribution in [0.5, 0.6) is 11.5 Å². The summed E-state index contributed by atoms with van der Waals surface area (Å²) in [5.74, 6) is -1.69. The second kappa shape index (κ2) is 10.1. The van der Waals surface area contributed by atoms with Gasteiger partial charge in [-0.05, 0) is 39.0 Å². The van der Waals surface area contributed by atoms with Crippen LogP contribution in [0.2, 0.25) is 5.02 Å². The first-order chi connectivity index (χ1) is 19.3. The van der Waals surface area contributed by atoms with Crippen LogP contribution < -0.4 is 9.64 Å². The van der Waals surface area contributed by atoms with E-state index in [0.29, 0.717) is 6.54 Å². The standard InChI is InChI=1S/C27H31ClFN5O4/c1-5-20(36)32-10-12-34-17(13-32)14-38-25-22(27(34)37)26(33-11-9-31(4)15(2)16(33)3)30-24(23(25)28)21-18(29)7-6-8-19(21)35/h5-8,15-17,35H,1,9-14H2,2-4H3/t15-,16-,17+/m0/s1/i4D3. The molecule has 1 aromatic carbocycles. The smallest absolute Gasteiger partial charge is 0.261 e. The second-order valence-corrected chi connectivity index (χ2v) is 10.1. The van der Waals surface area contributed by atoms with Crippen LogP contribution in [0.15, 0.2) is 30.9 Å². The number of nitrogens with zero attached hydrogens (tertiary/aromatic N) is 5. The molecule has 38 heavy (non-hydrogen) atoms. The summed E-state index contributed by atoms with van der Waals surface area (Å²) < 4.78 is 45.1. The zero-order valence-electron chi connectivity index (χ0n) is 24.2. The quantitative estimate of drug-likeness (QED) is 0.592. The van der Waals surface area contributed by atoms with Crippen LogP contribution in [0.25, 0.3) is 11.3 Å². The second-order valence-electron chi connectivity index (χ2n) is 9.76. The third-order valence-corrected chi connectivity index (χ3v) is 8.05. The zero-order chi connectivity index (χ0) is 29.8. The molecule has 2 amide bonds. The topological polar surface area (TPSA) is 89.5 Å². The minimum absolute atomic E-state index is 0.00428. The molecule has 0 unspecified atom stereocenters. The van der Waals surface area contributed by atoms with Gasteiger partial charge in [-0.25, -0.2) is 9.37 Å². The molecule has 0 bridgehead atoms. The van der Waals surface area contributed by atoms with Crippen molar-refractivity contribution in [1.82, 2.24) is 19.7 Å². The van der Waals surface area contributed by atoms with Gasteiger partial charge in [-0.3, -0.25) is 14.5 Å². The molecule has 0 saturated carbocycles. The zero-order valence-corrected chi connectivity index (χ0v) is 21.9. The average molecular weight is 547 g/mol. The fourth-order valence-corrected chi connectivity index (χ4v) is 5.62.